The average Bonchev–Trinajstić information content (AvgIpc) is 1.90. The number of nitrogens with one attached hydrogen (secondary N) is 1. The molecule has 0 aliphatic carbocycles. The van der Waals surface area contributed by atoms with Gasteiger partial charge in [-0.2, -0.15) is 0 Å². The first-order chi connectivity index (χ1) is 3.93. The summed E-state index contributed by atoms with van der Waals surface area (Å²) in [6.45, 7) is 3.18. The minimum absolute atomic E-state index is 0. The predicted molar refractivity (Wildman–Crippen MR) is 41.9 cm³/mol. The van der Waals surface area contributed by atoms with Crippen LogP contribution in [-0.4, -0.2) is 19.6 Å². The molecule has 0 amide bonds. The van der Waals surface area contributed by atoms with E-state index >= 15 is 0 Å². The molecular weight excluding hydrogens is 136 g/mol. The number of halogens is 1. The molecule has 3 heteroatoms. The number of piperidine rings is 1. The van der Waals surface area contributed by atoms with E-state index in [0.29, 0.717) is 0 Å². The van der Waals surface area contributed by atoms with Gasteiger partial charge in [-0.3, -0.25) is 0 Å². The van der Waals surface area contributed by atoms with Crippen molar-refractivity contribution in [2.75, 3.05) is 19.6 Å². The molecule has 0 radical (unpaired) electrons. The van der Waals surface area contributed by atoms with Crippen LogP contribution in [0.4, 0.5) is 0 Å². The molecule has 1 rings (SSSR count). The molecule has 0 spiro atoms. The highest BCUT2D eigenvalue weighted by Gasteiger charge is 2.09. The van der Waals surface area contributed by atoms with Crippen LogP contribution in [0, 0.1) is 5.92 Å². The Bertz CT molecular complexity index is 62.1. The molecule has 2 nitrogen and oxygen atoms in total. The van der Waals surface area contributed by atoms with E-state index in [1.165, 1.54) is 19.4 Å². The number of hydrogen-bond donors (Lipinski definition) is 2. The molecule has 1 aliphatic rings. The van der Waals surface area contributed by atoms with Crippen LogP contribution in [0.1, 0.15) is 12.8 Å². The van der Waals surface area contributed by atoms with E-state index < -0.39 is 0 Å². The van der Waals surface area contributed by atoms with E-state index in [9.17, 15) is 0 Å². The number of nitrogens with two attached hydrogens (primary N) is 1. The van der Waals surface area contributed by atoms with Crippen molar-refractivity contribution in [1.29, 1.82) is 0 Å². The van der Waals surface area contributed by atoms with Gasteiger partial charge in [-0.05, 0) is 38.4 Å². The second-order valence-electron chi connectivity index (χ2n) is 2.45. The minimum Gasteiger partial charge on any atom is -0.330 e. The van der Waals surface area contributed by atoms with E-state index in [0.717, 1.165) is 19.0 Å². The summed E-state index contributed by atoms with van der Waals surface area (Å²) in [5.41, 5.74) is 5.46. The van der Waals surface area contributed by atoms with Crippen molar-refractivity contribution in [3.63, 3.8) is 0 Å². The standard InChI is InChI=1S/C6H14N2.ClH/c7-4-6-2-1-3-8-5-6;/h6,8H,1-5,7H2;1H/t6-;/m0./s1. The molecule has 1 fully saturated rings. The molecule has 56 valence electrons. The molecule has 3 N–H and O–H groups in total. The van der Waals surface area contributed by atoms with Gasteiger partial charge in [-0.1, -0.05) is 0 Å². The Hall–Kier alpha value is 0.210. The van der Waals surface area contributed by atoms with E-state index in [2.05, 4.69) is 5.32 Å². The van der Waals surface area contributed by atoms with E-state index in [1.807, 2.05) is 0 Å². The van der Waals surface area contributed by atoms with Gasteiger partial charge in [-0.15, -0.1) is 12.4 Å². The lowest BCUT2D eigenvalue weighted by molar-refractivity contribution is 0.385. The van der Waals surface area contributed by atoms with Gasteiger partial charge in [0.05, 0.1) is 0 Å². The molecule has 1 atom stereocenters. The Morgan fingerprint density at radius 2 is 2.33 bits per heavy atom. The third-order valence-corrected chi connectivity index (χ3v) is 1.73. The molecule has 0 aromatic rings. The highest BCUT2D eigenvalue weighted by Crippen LogP contribution is 2.06. The maximum atomic E-state index is 5.46. The van der Waals surface area contributed by atoms with Crippen LogP contribution >= 0.6 is 12.4 Å². The Kier molecular flexibility index (Phi) is 5.15. The third kappa shape index (κ3) is 3.04. The van der Waals surface area contributed by atoms with E-state index in [4.69, 9.17) is 5.73 Å². The number of hydrogen-bond acceptors (Lipinski definition) is 2. The van der Waals surface area contributed by atoms with Crippen molar-refractivity contribution in [3.05, 3.63) is 0 Å². The van der Waals surface area contributed by atoms with Crippen molar-refractivity contribution in [3.8, 4) is 0 Å². The summed E-state index contributed by atoms with van der Waals surface area (Å²) in [5, 5.41) is 3.31. The highest BCUT2D eigenvalue weighted by atomic mass is 35.5. The molecular formula is C6H15ClN2. The van der Waals surface area contributed by atoms with Crippen LogP contribution in [0.2, 0.25) is 0 Å². The zero-order valence-corrected chi connectivity index (χ0v) is 6.41. The van der Waals surface area contributed by atoms with Gasteiger partial charge in [0.1, 0.15) is 0 Å². The maximum absolute atomic E-state index is 5.46. The molecule has 1 heterocycles. The van der Waals surface area contributed by atoms with Gasteiger partial charge >= 0.3 is 0 Å². The quantitative estimate of drug-likeness (QED) is 0.567. The van der Waals surface area contributed by atoms with Gasteiger partial charge < -0.3 is 11.1 Å². The molecule has 1 saturated heterocycles. The fraction of sp³-hybridized carbons (Fsp3) is 1.00. The van der Waals surface area contributed by atoms with Crippen LogP contribution in [0.15, 0.2) is 0 Å². The molecule has 0 bridgehead atoms. The maximum Gasteiger partial charge on any atom is -0.000845 e. The molecule has 9 heavy (non-hydrogen) atoms. The van der Waals surface area contributed by atoms with E-state index in [1.54, 1.807) is 0 Å². The normalized spacial score (nSPS) is 27.0. The summed E-state index contributed by atoms with van der Waals surface area (Å²) >= 11 is 0. The summed E-state index contributed by atoms with van der Waals surface area (Å²) in [4.78, 5) is 0. The van der Waals surface area contributed by atoms with Crippen molar-refractivity contribution >= 4 is 12.4 Å². The van der Waals surface area contributed by atoms with Crippen molar-refractivity contribution in [2.45, 2.75) is 12.8 Å². The fourth-order valence-electron chi connectivity index (χ4n) is 1.13. The molecule has 0 aromatic heterocycles. The van der Waals surface area contributed by atoms with Crippen molar-refractivity contribution < 1.29 is 0 Å². The minimum atomic E-state index is 0. The van der Waals surface area contributed by atoms with Gasteiger partial charge in [0.15, 0.2) is 0 Å². The van der Waals surface area contributed by atoms with Crippen LogP contribution in [0.3, 0.4) is 0 Å². The van der Waals surface area contributed by atoms with Crippen molar-refractivity contribution in [2.24, 2.45) is 11.7 Å². The Morgan fingerprint density at radius 1 is 1.56 bits per heavy atom. The topological polar surface area (TPSA) is 38.0 Å². The van der Waals surface area contributed by atoms with Gasteiger partial charge in [-0.25, -0.2) is 0 Å². The van der Waals surface area contributed by atoms with Gasteiger partial charge in [0.2, 0.25) is 0 Å². The monoisotopic (exact) mass is 150 g/mol. The lowest BCUT2D eigenvalue weighted by Gasteiger charge is -2.20. The molecule has 1 aliphatic heterocycles. The summed E-state index contributed by atoms with van der Waals surface area (Å²) < 4.78 is 0. The lowest BCUT2D eigenvalue weighted by atomic mass is 10.0. The third-order valence-electron chi connectivity index (χ3n) is 1.73. The van der Waals surface area contributed by atoms with Crippen LogP contribution in [0.5, 0.6) is 0 Å². The first-order valence-corrected chi connectivity index (χ1v) is 3.34. The van der Waals surface area contributed by atoms with Gasteiger partial charge in [0.25, 0.3) is 0 Å². The fourth-order valence-corrected chi connectivity index (χ4v) is 1.13. The van der Waals surface area contributed by atoms with Crippen molar-refractivity contribution in [1.82, 2.24) is 5.32 Å². The zero-order valence-electron chi connectivity index (χ0n) is 5.60. The summed E-state index contributed by atoms with van der Waals surface area (Å²) in [6.07, 6.45) is 2.63. The summed E-state index contributed by atoms with van der Waals surface area (Å²) in [5.74, 6) is 0.753. The summed E-state index contributed by atoms with van der Waals surface area (Å²) in [6, 6.07) is 0. The summed E-state index contributed by atoms with van der Waals surface area (Å²) in [7, 11) is 0. The van der Waals surface area contributed by atoms with Crippen LogP contribution < -0.4 is 11.1 Å². The lowest BCUT2D eigenvalue weighted by Crippen LogP contribution is -2.33. The highest BCUT2D eigenvalue weighted by molar-refractivity contribution is 5.85. The first kappa shape index (κ1) is 9.21. The average molecular weight is 151 g/mol. The first-order valence-electron chi connectivity index (χ1n) is 3.34. The Labute approximate surface area is 62.6 Å². The van der Waals surface area contributed by atoms with Gasteiger partial charge in [0, 0.05) is 0 Å². The smallest absolute Gasteiger partial charge is 0.000845 e. The number of rotatable bonds is 1. The second kappa shape index (κ2) is 5.03. The SMILES string of the molecule is Cl.NC[C@@H]1CCCNC1. The zero-order chi connectivity index (χ0) is 5.82. The second-order valence-corrected chi connectivity index (χ2v) is 2.45. The molecule has 0 saturated carbocycles. The molecule has 0 aromatic carbocycles. The van der Waals surface area contributed by atoms with Crippen LogP contribution in [0.25, 0.3) is 0 Å². The predicted octanol–water partition coefficient (Wildman–Crippen LogP) is 0.366. The molecule has 0 unspecified atom stereocenters. The van der Waals surface area contributed by atoms with Crippen LogP contribution in [-0.2, 0) is 0 Å². The largest absolute Gasteiger partial charge is 0.330 e. The Morgan fingerprint density at radius 3 is 2.67 bits per heavy atom. The van der Waals surface area contributed by atoms with E-state index in [-0.39, 0.29) is 12.4 Å². The Balaban J connectivity index is 0.000000640.